The van der Waals surface area contributed by atoms with Gasteiger partial charge in [0.1, 0.15) is 5.75 Å². The van der Waals surface area contributed by atoms with Crippen molar-refractivity contribution < 1.29 is 19.0 Å². The second kappa shape index (κ2) is 7.35. The number of aliphatic carboxylic acids is 1. The van der Waals surface area contributed by atoms with E-state index < -0.39 is 11.8 Å². The average molecular weight is 404 g/mol. The van der Waals surface area contributed by atoms with E-state index >= 15 is 0 Å². The zero-order valence-electron chi connectivity index (χ0n) is 12.7. The van der Waals surface area contributed by atoms with Crippen LogP contribution in [0.1, 0.15) is 5.69 Å². The summed E-state index contributed by atoms with van der Waals surface area (Å²) in [5, 5.41) is 8.82. The molecule has 0 bridgehead atoms. The minimum atomic E-state index is -0.973. The molecular formula is C17H11BrFN3O3. The Hall–Kier alpha value is -2.87. The van der Waals surface area contributed by atoms with Gasteiger partial charge in [-0.05, 0) is 46.3 Å². The highest BCUT2D eigenvalue weighted by atomic mass is 79.9. The van der Waals surface area contributed by atoms with Gasteiger partial charge >= 0.3 is 5.97 Å². The van der Waals surface area contributed by atoms with E-state index in [4.69, 9.17) is 9.84 Å². The fraction of sp³-hybridized carbons (Fsp3) is 0.0588. The van der Waals surface area contributed by atoms with Crippen LogP contribution in [0.4, 0.5) is 4.39 Å². The molecule has 1 N–H and O–H groups in total. The molecule has 1 aromatic carbocycles. The molecule has 0 aliphatic heterocycles. The van der Waals surface area contributed by atoms with Crippen molar-refractivity contribution in [1.82, 2.24) is 15.0 Å². The van der Waals surface area contributed by atoms with Crippen molar-refractivity contribution >= 4 is 21.9 Å². The molecule has 0 unspecified atom stereocenters. The SMILES string of the molecule is O=C(O)Cc1cncc(-c2ccc(Oc3ncc(Br)cc3F)cc2)n1. The second-order valence-corrected chi connectivity index (χ2v) is 5.95. The monoisotopic (exact) mass is 403 g/mol. The van der Waals surface area contributed by atoms with Crippen molar-refractivity contribution in [2.45, 2.75) is 6.42 Å². The summed E-state index contributed by atoms with van der Waals surface area (Å²) in [7, 11) is 0. The molecular weight excluding hydrogens is 393 g/mol. The molecule has 2 aromatic heterocycles. The molecule has 0 amide bonds. The van der Waals surface area contributed by atoms with Crippen LogP contribution in [0.3, 0.4) is 0 Å². The predicted octanol–water partition coefficient (Wildman–Crippen LogP) is 3.86. The van der Waals surface area contributed by atoms with E-state index in [1.165, 1.54) is 24.7 Å². The smallest absolute Gasteiger partial charge is 0.309 e. The zero-order valence-corrected chi connectivity index (χ0v) is 14.3. The molecule has 0 saturated carbocycles. The molecule has 3 rings (SSSR count). The summed E-state index contributed by atoms with van der Waals surface area (Å²) in [4.78, 5) is 22.9. The molecule has 0 fully saturated rings. The first-order chi connectivity index (χ1) is 12.0. The van der Waals surface area contributed by atoms with Crippen molar-refractivity contribution in [2.24, 2.45) is 0 Å². The van der Waals surface area contributed by atoms with Gasteiger partial charge in [-0.3, -0.25) is 9.78 Å². The number of hydrogen-bond donors (Lipinski definition) is 1. The molecule has 0 radical (unpaired) electrons. The second-order valence-electron chi connectivity index (χ2n) is 5.03. The maximum Gasteiger partial charge on any atom is 0.309 e. The van der Waals surface area contributed by atoms with Crippen LogP contribution in [-0.4, -0.2) is 26.0 Å². The quantitative estimate of drug-likeness (QED) is 0.695. The van der Waals surface area contributed by atoms with Crippen LogP contribution >= 0.6 is 15.9 Å². The summed E-state index contributed by atoms with van der Waals surface area (Å²) >= 11 is 3.13. The minimum Gasteiger partial charge on any atom is -0.481 e. The predicted molar refractivity (Wildman–Crippen MR) is 90.8 cm³/mol. The molecule has 0 aliphatic rings. The molecule has 0 aliphatic carbocycles. The number of aromatic nitrogens is 3. The first kappa shape index (κ1) is 17.0. The maximum absolute atomic E-state index is 13.7. The Balaban J connectivity index is 1.79. The highest BCUT2D eigenvalue weighted by Gasteiger charge is 2.09. The van der Waals surface area contributed by atoms with Crippen LogP contribution in [0, 0.1) is 5.82 Å². The number of carbonyl (C=O) groups is 1. The summed E-state index contributed by atoms with van der Waals surface area (Å²) in [5.74, 6) is -1.27. The first-order valence-electron chi connectivity index (χ1n) is 7.13. The number of carboxylic acids is 1. The maximum atomic E-state index is 13.7. The Morgan fingerprint density at radius 1 is 1.20 bits per heavy atom. The van der Waals surface area contributed by atoms with Crippen LogP contribution in [0.5, 0.6) is 11.6 Å². The molecule has 126 valence electrons. The number of ether oxygens (including phenoxy) is 1. The lowest BCUT2D eigenvalue weighted by Gasteiger charge is -2.07. The molecule has 0 atom stereocenters. The molecule has 2 heterocycles. The van der Waals surface area contributed by atoms with E-state index in [0.29, 0.717) is 21.6 Å². The lowest BCUT2D eigenvalue weighted by Crippen LogP contribution is -2.03. The van der Waals surface area contributed by atoms with Crippen LogP contribution in [0.2, 0.25) is 0 Å². The Bertz CT molecular complexity index is 919. The highest BCUT2D eigenvalue weighted by Crippen LogP contribution is 2.26. The third-order valence-electron chi connectivity index (χ3n) is 3.16. The lowest BCUT2D eigenvalue weighted by molar-refractivity contribution is -0.136. The number of halogens is 2. The molecule has 25 heavy (non-hydrogen) atoms. The third-order valence-corrected chi connectivity index (χ3v) is 3.59. The number of carboxylic acid groups (broad SMARTS) is 1. The average Bonchev–Trinajstić information content (AvgIpc) is 2.58. The normalized spacial score (nSPS) is 10.5. The number of benzene rings is 1. The van der Waals surface area contributed by atoms with E-state index in [1.54, 1.807) is 24.3 Å². The zero-order chi connectivity index (χ0) is 17.8. The van der Waals surface area contributed by atoms with Crippen LogP contribution < -0.4 is 4.74 Å². The van der Waals surface area contributed by atoms with Gasteiger partial charge in [-0.25, -0.2) is 14.4 Å². The van der Waals surface area contributed by atoms with Gasteiger partial charge in [0.15, 0.2) is 5.82 Å². The van der Waals surface area contributed by atoms with E-state index in [0.717, 1.165) is 5.56 Å². The van der Waals surface area contributed by atoms with Gasteiger partial charge in [0.25, 0.3) is 5.88 Å². The molecule has 0 saturated heterocycles. The van der Waals surface area contributed by atoms with Gasteiger partial charge in [0.05, 0.1) is 24.0 Å². The topological polar surface area (TPSA) is 85.2 Å². The first-order valence-corrected chi connectivity index (χ1v) is 7.92. The summed E-state index contributed by atoms with van der Waals surface area (Å²) < 4.78 is 19.7. The molecule has 3 aromatic rings. The molecule has 8 heteroatoms. The number of rotatable bonds is 5. The summed E-state index contributed by atoms with van der Waals surface area (Å²) in [5.41, 5.74) is 1.64. The van der Waals surface area contributed by atoms with Gasteiger partial charge < -0.3 is 9.84 Å². The Kier molecular flexibility index (Phi) is 4.99. The largest absolute Gasteiger partial charge is 0.481 e. The van der Waals surface area contributed by atoms with Crippen LogP contribution in [-0.2, 0) is 11.2 Å². The fourth-order valence-electron chi connectivity index (χ4n) is 2.07. The Labute approximate surface area is 150 Å². The summed E-state index contributed by atoms with van der Waals surface area (Å²) in [6.07, 6.45) is 4.20. The van der Waals surface area contributed by atoms with E-state index in [-0.39, 0.29) is 12.3 Å². The van der Waals surface area contributed by atoms with Crippen molar-refractivity contribution in [3.05, 3.63) is 64.9 Å². The minimum absolute atomic E-state index is 0.126. The summed E-state index contributed by atoms with van der Waals surface area (Å²) in [6.45, 7) is 0. The lowest BCUT2D eigenvalue weighted by atomic mass is 10.1. The van der Waals surface area contributed by atoms with Crippen LogP contribution in [0.25, 0.3) is 11.3 Å². The van der Waals surface area contributed by atoms with Gasteiger partial charge in [0, 0.05) is 22.4 Å². The number of hydrogen-bond acceptors (Lipinski definition) is 5. The number of nitrogens with zero attached hydrogens (tertiary/aromatic N) is 3. The van der Waals surface area contributed by atoms with Gasteiger partial charge in [0.2, 0.25) is 0 Å². The molecule has 6 nitrogen and oxygen atoms in total. The van der Waals surface area contributed by atoms with Crippen molar-refractivity contribution in [1.29, 1.82) is 0 Å². The number of pyridine rings is 1. The van der Waals surface area contributed by atoms with Gasteiger partial charge in [-0.1, -0.05) is 0 Å². The summed E-state index contributed by atoms with van der Waals surface area (Å²) in [6, 6.07) is 8.00. The van der Waals surface area contributed by atoms with E-state index in [2.05, 4.69) is 30.9 Å². The Morgan fingerprint density at radius 3 is 2.64 bits per heavy atom. The Morgan fingerprint density at radius 2 is 1.96 bits per heavy atom. The highest BCUT2D eigenvalue weighted by molar-refractivity contribution is 9.10. The molecule has 0 spiro atoms. The van der Waals surface area contributed by atoms with E-state index in [9.17, 15) is 9.18 Å². The van der Waals surface area contributed by atoms with Gasteiger partial charge in [-0.2, -0.15) is 0 Å². The van der Waals surface area contributed by atoms with E-state index in [1.807, 2.05) is 0 Å². The standard InChI is InChI=1S/C17H11BrFN3O3/c18-11-5-14(19)17(21-7-11)25-13-3-1-10(2-4-13)15-9-20-8-12(22-15)6-16(23)24/h1-5,7-9H,6H2,(H,23,24). The van der Waals surface area contributed by atoms with Crippen molar-refractivity contribution in [3.63, 3.8) is 0 Å². The van der Waals surface area contributed by atoms with Crippen molar-refractivity contribution in [3.8, 4) is 22.9 Å². The van der Waals surface area contributed by atoms with Crippen molar-refractivity contribution in [2.75, 3.05) is 0 Å². The van der Waals surface area contributed by atoms with Gasteiger partial charge in [-0.15, -0.1) is 0 Å². The van der Waals surface area contributed by atoms with Crippen LogP contribution in [0.15, 0.2) is 53.4 Å². The third kappa shape index (κ3) is 4.36. The fourth-order valence-corrected chi connectivity index (χ4v) is 2.37.